The Morgan fingerprint density at radius 3 is 2.71 bits per heavy atom. The molecule has 1 aromatic heterocycles. The molecule has 0 spiro atoms. The second-order valence-electron chi connectivity index (χ2n) is 4.48. The molecule has 0 amide bonds. The molecule has 0 fully saturated rings. The maximum atomic E-state index is 4.72. The van der Waals surface area contributed by atoms with Crippen LogP contribution in [0.15, 0.2) is 48.5 Å². The van der Waals surface area contributed by atoms with E-state index < -0.39 is 0 Å². The molecule has 0 N–H and O–H groups in total. The van der Waals surface area contributed by atoms with E-state index in [-0.39, 0.29) is 0 Å². The van der Waals surface area contributed by atoms with Gasteiger partial charge in [-0.2, -0.15) is 0 Å². The molecule has 3 aromatic rings. The van der Waals surface area contributed by atoms with E-state index >= 15 is 0 Å². The first-order chi connectivity index (χ1) is 8.43. The van der Waals surface area contributed by atoms with Gasteiger partial charge in [-0.05, 0) is 30.2 Å². The van der Waals surface area contributed by atoms with Crippen molar-refractivity contribution in [1.29, 1.82) is 0 Å². The lowest BCUT2D eigenvalue weighted by Gasteiger charge is -2.18. The number of hydrogen-bond donors (Lipinski definition) is 0. The summed E-state index contributed by atoms with van der Waals surface area (Å²) in [4.78, 5) is 4.72. The van der Waals surface area contributed by atoms with E-state index in [1.54, 1.807) is 0 Å². The molecule has 0 atom stereocenters. The molecule has 82 valence electrons. The number of hydrogen-bond acceptors (Lipinski definition) is 1. The minimum absolute atomic E-state index is 1.03. The predicted molar refractivity (Wildman–Crippen MR) is 68.5 cm³/mol. The number of imidazole rings is 1. The number of rotatable bonds is 0. The van der Waals surface area contributed by atoms with Crippen LogP contribution in [-0.4, -0.2) is 9.55 Å². The summed E-state index contributed by atoms with van der Waals surface area (Å²) in [5, 5.41) is 0. The second kappa shape index (κ2) is 3.20. The van der Waals surface area contributed by atoms with Crippen LogP contribution in [0.1, 0.15) is 11.4 Å². The third-order valence-electron chi connectivity index (χ3n) is 3.48. The zero-order chi connectivity index (χ0) is 11.2. The fourth-order valence-corrected chi connectivity index (χ4v) is 2.70. The number of nitrogens with zero attached hydrogens (tertiary/aromatic N) is 2. The maximum absolute atomic E-state index is 4.72. The summed E-state index contributed by atoms with van der Waals surface area (Å²) in [7, 11) is 0. The lowest BCUT2D eigenvalue weighted by atomic mass is 10.0. The normalized spacial score (nSPS) is 13.4. The van der Waals surface area contributed by atoms with E-state index in [0.29, 0.717) is 0 Å². The SMILES string of the molecule is c1ccc2c(c1)CCc1nc3ccccc3n1-2. The molecule has 2 heteroatoms. The quantitative estimate of drug-likeness (QED) is 0.569. The lowest BCUT2D eigenvalue weighted by Crippen LogP contribution is -2.11. The molecule has 4 rings (SSSR count). The largest absolute Gasteiger partial charge is 0.296 e. The van der Waals surface area contributed by atoms with Crippen LogP contribution >= 0.6 is 0 Å². The van der Waals surface area contributed by atoms with E-state index in [1.165, 1.54) is 22.6 Å². The van der Waals surface area contributed by atoms with Crippen molar-refractivity contribution in [1.82, 2.24) is 9.55 Å². The van der Waals surface area contributed by atoms with Crippen molar-refractivity contribution in [3.8, 4) is 5.69 Å². The first kappa shape index (κ1) is 8.99. The Morgan fingerprint density at radius 2 is 1.71 bits per heavy atom. The highest BCUT2D eigenvalue weighted by Crippen LogP contribution is 2.28. The zero-order valence-electron chi connectivity index (χ0n) is 9.43. The highest BCUT2D eigenvalue weighted by atomic mass is 15.1. The van der Waals surface area contributed by atoms with Crippen LogP contribution in [0.4, 0.5) is 0 Å². The van der Waals surface area contributed by atoms with E-state index in [1.807, 2.05) is 6.07 Å². The van der Waals surface area contributed by atoms with E-state index in [9.17, 15) is 0 Å². The Bertz CT molecular complexity index is 710. The molecular formula is C15H12N2. The second-order valence-corrected chi connectivity index (χ2v) is 4.48. The fraction of sp³-hybridized carbons (Fsp3) is 0.133. The standard InChI is InChI=1S/C15H12N2/c1-3-7-13-11(5-1)9-10-15-16-12-6-2-4-8-14(12)17(13)15/h1-8H,9-10H2. The summed E-state index contributed by atoms with van der Waals surface area (Å²) in [6, 6.07) is 17.0. The third-order valence-corrected chi connectivity index (χ3v) is 3.48. The van der Waals surface area contributed by atoms with E-state index in [0.717, 1.165) is 18.4 Å². The third kappa shape index (κ3) is 1.18. The van der Waals surface area contributed by atoms with Crippen LogP contribution in [-0.2, 0) is 12.8 Å². The van der Waals surface area contributed by atoms with Crippen molar-refractivity contribution in [3.63, 3.8) is 0 Å². The first-order valence-electron chi connectivity index (χ1n) is 5.98. The number of benzene rings is 2. The smallest absolute Gasteiger partial charge is 0.114 e. The van der Waals surface area contributed by atoms with E-state index in [4.69, 9.17) is 4.98 Å². The molecule has 1 aliphatic heterocycles. The summed E-state index contributed by atoms with van der Waals surface area (Å²) >= 11 is 0. The molecule has 2 heterocycles. The van der Waals surface area contributed by atoms with Gasteiger partial charge in [0.05, 0.1) is 16.7 Å². The number of para-hydroxylation sites is 3. The topological polar surface area (TPSA) is 17.8 Å². The van der Waals surface area contributed by atoms with Gasteiger partial charge in [-0.3, -0.25) is 4.57 Å². The summed E-state index contributed by atoms with van der Waals surface area (Å²) < 4.78 is 2.30. The Labute approximate surface area is 99.5 Å². The molecule has 0 saturated carbocycles. The van der Waals surface area contributed by atoms with Crippen LogP contribution in [0.25, 0.3) is 16.7 Å². The van der Waals surface area contributed by atoms with Crippen LogP contribution in [0.5, 0.6) is 0 Å². The summed E-state index contributed by atoms with van der Waals surface area (Å²) in [6.45, 7) is 0. The number of aromatic nitrogens is 2. The Kier molecular flexibility index (Phi) is 1.69. The molecular weight excluding hydrogens is 208 g/mol. The van der Waals surface area contributed by atoms with Crippen molar-refractivity contribution >= 4 is 11.0 Å². The van der Waals surface area contributed by atoms with Crippen LogP contribution in [0.2, 0.25) is 0 Å². The molecule has 0 saturated heterocycles. The van der Waals surface area contributed by atoms with Crippen LogP contribution < -0.4 is 0 Å². The van der Waals surface area contributed by atoms with Crippen molar-refractivity contribution in [2.45, 2.75) is 12.8 Å². The zero-order valence-corrected chi connectivity index (χ0v) is 9.43. The molecule has 0 aliphatic carbocycles. The molecule has 0 bridgehead atoms. The monoisotopic (exact) mass is 220 g/mol. The van der Waals surface area contributed by atoms with Crippen molar-refractivity contribution < 1.29 is 0 Å². The van der Waals surface area contributed by atoms with Gasteiger partial charge >= 0.3 is 0 Å². The highest BCUT2D eigenvalue weighted by molar-refractivity contribution is 5.79. The van der Waals surface area contributed by atoms with Gasteiger partial charge < -0.3 is 0 Å². The Morgan fingerprint density at radius 1 is 0.882 bits per heavy atom. The minimum atomic E-state index is 1.03. The van der Waals surface area contributed by atoms with Gasteiger partial charge in [0.1, 0.15) is 5.82 Å². The van der Waals surface area contributed by atoms with Gasteiger partial charge in [0.25, 0.3) is 0 Å². The lowest BCUT2D eigenvalue weighted by molar-refractivity contribution is 0.789. The average Bonchev–Trinajstić information content (AvgIpc) is 2.77. The highest BCUT2D eigenvalue weighted by Gasteiger charge is 2.18. The summed E-state index contributed by atoms with van der Waals surface area (Å²) in [5.41, 5.74) is 5.03. The maximum Gasteiger partial charge on any atom is 0.114 e. The minimum Gasteiger partial charge on any atom is -0.296 e. The molecule has 17 heavy (non-hydrogen) atoms. The van der Waals surface area contributed by atoms with Crippen molar-refractivity contribution in [2.75, 3.05) is 0 Å². The van der Waals surface area contributed by atoms with E-state index in [2.05, 4.69) is 47.0 Å². The van der Waals surface area contributed by atoms with Gasteiger partial charge in [-0.25, -0.2) is 4.98 Å². The van der Waals surface area contributed by atoms with Crippen LogP contribution in [0, 0.1) is 0 Å². The van der Waals surface area contributed by atoms with Gasteiger partial charge in [0.15, 0.2) is 0 Å². The molecule has 0 unspecified atom stereocenters. The van der Waals surface area contributed by atoms with Crippen LogP contribution in [0.3, 0.4) is 0 Å². The molecule has 2 nitrogen and oxygen atoms in total. The average molecular weight is 220 g/mol. The Balaban J connectivity index is 2.14. The molecule has 1 aliphatic rings. The van der Waals surface area contributed by atoms with Gasteiger partial charge in [0, 0.05) is 6.42 Å². The molecule has 0 radical (unpaired) electrons. The van der Waals surface area contributed by atoms with Gasteiger partial charge in [-0.15, -0.1) is 0 Å². The van der Waals surface area contributed by atoms with Gasteiger partial charge in [0.2, 0.25) is 0 Å². The fourth-order valence-electron chi connectivity index (χ4n) is 2.70. The number of aryl methyl sites for hydroxylation is 2. The first-order valence-corrected chi connectivity index (χ1v) is 5.98. The Hall–Kier alpha value is -2.09. The molecule has 2 aromatic carbocycles. The van der Waals surface area contributed by atoms with Gasteiger partial charge in [-0.1, -0.05) is 30.3 Å². The summed E-state index contributed by atoms with van der Waals surface area (Å²) in [5.74, 6) is 1.19. The predicted octanol–water partition coefficient (Wildman–Crippen LogP) is 3.12. The van der Waals surface area contributed by atoms with Crippen molar-refractivity contribution in [3.05, 3.63) is 59.9 Å². The number of fused-ring (bicyclic) bond motifs is 5. The van der Waals surface area contributed by atoms with Crippen molar-refractivity contribution in [2.24, 2.45) is 0 Å². The summed E-state index contributed by atoms with van der Waals surface area (Å²) in [6.07, 6.45) is 2.13.